The van der Waals surface area contributed by atoms with Gasteiger partial charge in [0.15, 0.2) is 17.9 Å². The maximum absolute atomic E-state index is 13.4. The number of benzene rings is 1. The van der Waals surface area contributed by atoms with Crippen LogP contribution in [0.2, 0.25) is 0 Å². The van der Waals surface area contributed by atoms with Crippen molar-refractivity contribution in [3.8, 4) is 0 Å². The highest BCUT2D eigenvalue weighted by Crippen LogP contribution is 2.32. The van der Waals surface area contributed by atoms with Crippen LogP contribution < -0.4 is 10.2 Å². The molecule has 1 N–H and O–H groups in total. The van der Waals surface area contributed by atoms with E-state index in [1.54, 1.807) is 4.90 Å². The summed E-state index contributed by atoms with van der Waals surface area (Å²) < 4.78 is 21.9. The minimum absolute atomic E-state index is 0.0302. The molecule has 3 rings (SSSR count). The Kier molecular flexibility index (Phi) is 10.2. The molecule has 0 unspecified atom stereocenters. The first kappa shape index (κ1) is 30.5. The molecule has 13 nitrogen and oxygen atoms in total. The zero-order chi connectivity index (χ0) is 29.6. The van der Waals surface area contributed by atoms with E-state index in [4.69, 9.17) is 23.8 Å². The first-order valence-electron chi connectivity index (χ1n) is 13.0. The second kappa shape index (κ2) is 13.4. The average Bonchev–Trinajstić information content (AvgIpc) is 3.11. The van der Waals surface area contributed by atoms with Gasteiger partial charge < -0.3 is 34.0 Å². The van der Waals surface area contributed by atoms with Gasteiger partial charge in [0.2, 0.25) is 5.91 Å². The SMILES string of the molecule is CCCCN1C(=O)/C(=N/O[C@@H]2O[C@H](COC(C)=O)[C@H](OC(C)=O)[C@H](OC(C)=O)[C@@H]2NC(C)=O)c2cc(C)ccc21. The Bertz CT molecular complexity index is 1180. The molecule has 2 amide bonds. The maximum Gasteiger partial charge on any atom is 0.303 e. The van der Waals surface area contributed by atoms with E-state index in [-0.39, 0.29) is 18.2 Å². The van der Waals surface area contributed by atoms with Crippen LogP contribution in [0.1, 0.15) is 58.6 Å². The number of carbonyl (C=O) groups excluding carboxylic acids is 5. The molecule has 0 saturated carbocycles. The number of anilines is 1. The van der Waals surface area contributed by atoms with Gasteiger partial charge in [0.05, 0.1) is 5.69 Å². The third-order valence-corrected chi connectivity index (χ3v) is 6.20. The number of nitrogens with zero attached hydrogens (tertiary/aromatic N) is 2. The van der Waals surface area contributed by atoms with Crippen molar-refractivity contribution in [2.75, 3.05) is 18.1 Å². The van der Waals surface area contributed by atoms with Crippen LogP contribution in [0, 0.1) is 6.92 Å². The molecule has 5 atom stereocenters. The van der Waals surface area contributed by atoms with Gasteiger partial charge in [-0.25, -0.2) is 0 Å². The van der Waals surface area contributed by atoms with Gasteiger partial charge in [-0.1, -0.05) is 30.1 Å². The van der Waals surface area contributed by atoms with Gasteiger partial charge in [0.1, 0.15) is 18.8 Å². The van der Waals surface area contributed by atoms with E-state index in [1.807, 2.05) is 32.0 Å². The van der Waals surface area contributed by atoms with E-state index < -0.39 is 54.5 Å². The number of aryl methyl sites for hydroxylation is 1. The highest BCUT2D eigenvalue weighted by molar-refractivity contribution is 6.54. The van der Waals surface area contributed by atoms with Crippen LogP contribution in [-0.4, -0.2) is 79.2 Å². The van der Waals surface area contributed by atoms with Crippen LogP contribution in [0.15, 0.2) is 23.4 Å². The molecule has 0 bridgehead atoms. The van der Waals surface area contributed by atoms with Crippen LogP contribution in [-0.2, 0) is 47.8 Å². The summed E-state index contributed by atoms with van der Waals surface area (Å²) in [7, 11) is 0. The van der Waals surface area contributed by atoms with Gasteiger partial charge in [-0.3, -0.25) is 24.0 Å². The molecule has 0 aromatic heterocycles. The quantitative estimate of drug-likeness (QED) is 0.252. The first-order chi connectivity index (χ1) is 18.9. The number of ether oxygens (including phenoxy) is 4. The van der Waals surface area contributed by atoms with E-state index in [1.165, 1.54) is 13.8 Å². The first-order valence-corrected chi connectivity index (χ1v) is 13.0. The van der Waals surface area contributed by atoms with Crippen molar-refractivity contribution < 1.29 is 47.8 Å². The average molecular weight is 562 g/mol. The predicted molar refractivity (Wildman–Crippen MR) is 140 cm³/mol. The van der Waals surface area contributed by atoms with E-state index >= 15 is 0 Å². The number of amides is 2. The van der Waals surface area contributed by atoms with E-state index in [0.29, 0.717) is 17.8 Å². The number of hydrogen-bond donors (Lipinski definition) is 1. The van der Waals surface area contributed by atoms with Crippen LogP contribution in [0.25, 0.3) is 0 Å². The van der Waals surface area contributed by atoms with Crippen LogP contribution >= 0.6 is 0 Å². The maximum atomic E-state index is 13.4. The molecule has 1 aromatic rings. The molecule has 1 aromatic carbocycles. The summed E-state index contributed by atoms with van der Waals surface area (Å²) in [6.07, 6.45) is -3.51. The molecule has 2 heterocycles. The van der Waals surface area contributed by atoms with E-state index in [9.17, 15) is 24.0 Å². The Morgan fingerprint density at radius 3 is 2.30 bits per heavy atom. The lowest BCUT2D eigenvalue weighted by Gasteiger charge is -2.43. The topological polar surface area (TPSA) is 159 Å². The van der Waals surface area contributed by atoms with Gasteiger partial charge in [0, 0.05) is 39.8 Å². The summed E-state index contributed by atoms with van der Waals surface area (Å²) in [5, 5.41) is 6.75. The second-order valence-electron chi connectivity index (χ2n) is 9.60. The lowest BCUT2D eigenvalue weighted by Crippen LogP contribution is -2.66. The van der Waals surface area contributed by atoms with Gasteiger partial charge in [-0.15, -0.1) is 0 Å². The number of fused-ring (bicyclic) bond motifs is 1. The molecule has 13 heteroatoms. The molecule has 2 aliphatic rings. The van der Waals surface area contributed by atoms with Crippen LogP contribution in [0.5, 0.6) is 0 Å². The molecule has 2 aliphatic heterocycles. The van der Waals surface area contributed by atoms with Gasteiger partial charge >= 0.3 is 17.9 Å². The highest BCUT2D eigenvalue weighted by atomic mass is 16.8. The van der Waals surface area contributed by atoms with Crippen molar-refractivity contribution in [3.05, 3.63) is 29.3 Å². The molecule has 1 saturated heterocycles. The van der Waals surface area contributed by atoms with Crippen molar-refractivity contribution in [2.45, 2.75) is 85.0 Å². The molecular weight excluding hydrogens is 526 g/mol. The van der Waals surface area contributed by atoms with Crippen LogP contribution in [0.3, 0.4) is 0 Å². The minimum Gasteiger partial charge on any atom is -0.463 e. The number of nitrogens with one attached hydrogen (secondary N) is 1. The number of oxime groups is 1. The summed E-state index contributed by atoms with van der Waals surface area (Å²) in [6, 6.07) is 4.34. The lowest BCUT2D eigenvalue weighted by atomic mass is 9.96. The Labute approximate surface area is 232 Å². The summed E-state index contributed by atoms with van der Waals surface area (Å²) in [4.78, 5) is 68.3. The van der Waals surface area contributed by atoms with E-state index in [2.05, 4.69) is 10.5 Å². The summed E-state index contributed by atoms with van der Waals surface area (Å²) in [6.45, 7) is 8.70. The van der Waals surface area contributed by atoms with Crippen molar-refractivity contribution in [1.82, 2.24) is 5.32 Å². The smallest absolute Gasteiger partial charge is 0.303 e. The molecule has 40 heavy (non-hydrogen) atoms. The molecule has 0 spiro atoms. The standard InChI is InChI=1S/C27H35N3O10/c1-7-8-11-30-20-10-9-14(2)12-19(20)22(26(30)35)29-40-27-23(28-15(3)31)25(38-18(6)34)24(37-17(5)33)21(39-27)13-36-16(4)32/h9-10,12,21,23-25,27H,7-8,11,13H2,1-6H3,(H,28,31)/b29-22+/t21-,23+,24+,25-,27+/m1/s1. The fourth-order valence-electron chi connectivity index (χ4n) is 4.54. The van der Waals surface area contributed by atoms with Crippen molar-refractivity contribution in [1.29, 1.82) is 0 Å². The van der Waals surface area contributed by atoms with Gasteiger partial charge in [-0.2, -0.15) is 0 Å². The Morgan fingerprint density at radius 1 is 1.02 bits per heavy atom. The normalized spacial score (nSPS) is 24.8. The predicted octanol–water partition coefficient (Wildman–Crippen LogP) is 1.52. The second-order valence-corrected chi connectivity index (χ2v) is 9.60. The zero-order valence-electron chi connectivity index (χ0n) is 23.4. The Morgan fingerprint density at radius 2 is 1.70 bits per heavy atom. The van der Waals surface area contributed by atoms with E-state index in [0.717, 1.165) is 32.3 Å². The van der Waals surface area contributed by atoms with Crippen LogP contribution in [0.4, 0.5) is 5.69 Å². The summed E-state index contributed by atoms with van der Waals surface area (Å²) in [5.41, 5.74) is 2.19. The molecule has 218 valence electrons. The molecule has 0 radical (unpaired) electrons. The van der Waals surface area contributed by atoms with Crippen molar-refractivity contribution in [3.63, 3.8) is 0 Å². The number of carbonyl (C=O) groups is 5. The third kappa shape index (κ3) is 7.34. The van der Waals surface area contributed by atoms with Crippen molar-refractivity contribution in [2.24, 2.45) is 5.16 Å². The monoisotopic (exact) mass is 561 g/mol. The summed E-state index contributed by atoms with van der Waals surface area (Å²) >= 11 is 0. The Hall–Kier alpha value is -4.00. The molecular formula is C27H35N3O10. The number of unbranched alkanes of at least 4 members (excludes halogenated alkanes) is 1. The van der Waals surface area contributed by atoms with Gasteiger partial charge in [0.25, 0.3) is 12.2 Å². The number of hydrogen-bond acceptors (Lipinski definition) is 11. The fraction of sp³-hybridized carbons (Fsp3) is 0.556. The van der Waals surface area contributed by atoms with Crippen molar-refractivity contribution >= 4 is 41.1 Å². The Balaban J connectivity index is 2.02. The number of esters is 3. The third-order valence-electron chi connectivity index (χ3n) is 6.20. The molecule has 1 fully saturated rings. The lowest BCUT2D eigenvalue weighted by molar-refractivity contribution is -0.278. The largest absolute Gasteiger partial charge is 0.463 e. The minimum atomic E-state index is -1.43. The number of rotatable bonds is 10. The highest BCUT2D eigenvalue weighted by Gasteiger charge is 2.52. The fourth-order valence-corrected chi connectivity index (χ4v) is 4.54. The molecule has 0 aliphatic carbocycles. The summed E-state index contributed by atoms with van der Waals surface area (Å²) in [5.74, 6) is -3.00. The van der Waals surface area contributed by atoms with Gasteiger partial charge in [-0.05, 0) is 25.5 Å². The zero-order valence-corrected chi connectivity index (χ0v) is 23.4.